The third kappa shape index (κ3) is 6.65. The van der Waals surface area contributed by atoms with Crippen LogP contribution >= 0.6 is 0 Å². The molecule has 2 atom stereocenters. The first-order chi connectivity index (χ1) is 15.5. The number of hydrogen-bond donors (Lipinski definition) is 2. The lowest BCUT2D eigenvalue weighted by Gasteiger charge is -2.38. The second-order valence-corrected chi connectivity index (χ2v) is 8.33. The van der Waals surface area contributed by atoms with E-state index in [0.717, 1.165) is 24.2 Å². The number of methoxy groups -OCH3 is 2. The molecule has 0 aliphatic carbocycles. The first-order valence-corrected chi connectivity index (χ1v) is 11.2. The molecule has 2 heterocycles. The highest BCUT2D eigenvalue weighted by atomic mass is 16.5. The van der Waals surface area contributed by atoms with E-state index in [1.165, 1.54) is 0 Å². The Morgan fingerprint density at radius 2 is 1.97 bits per heavy atom. The Morgan fingerprint density at radius 3 is 2.69 bits per heavy atom. The van der Waals surface area contributed by atoms with Crippen molar-refractivity contribution in [2.75, 3.05) is 53.7 Å². The molecular weight excluding hydrogens is 414 g/mol. The van der Waals surface area contributed by atoms with Crippen molar-refractivity contribution in [3.05, 3.63) is 29.8 Å². The summed E-state index contributed by atoms with van der Waals surface area (Å²) < 4.78 is 15.5. The lowest BCUT2D eigenvalue weighted by atomic mass is 10.0. The van der Waals surface area contributed by atoms with E-state index in [-0.39, 0.29) is 30.5 Å². The van der Waals surface area contributed by atoms with Crippen molar-refractivity contribution in [1.29, 1.82) is 0 Å². The van der Waals surface area contributed by atoms with E-state index in [4.69, 9.17) is 14.2 Å². The standard InChI is InChI=1S/C23H35N3O6/c1-30-10-11-32-16-22(28)25-8-6-18(7-9-25)26-15-19(27)13-21(26)23(29)24-14-17-4-3-5-20(12-17)31-2/h3-5,12,18-19,21,27H,6-11,13-16H2,1-2H3,(H,24,29)/t19-,21+/m1/s1. The summed E-state index contributed by atoms with van der Waals surface area (Å²) in [5.74, 6) is 0.656. The van der Waals surface area contributed by atoms with Crippen LogP contribution in [0, 0.1) is 0 Å². The highest BCUT2D eigenvalue weighted by Crippen LogP contribution is 2.27. The number of carbonyl (C=O) groups is 2. The maximum atomic E-state index is 12.9. The summed E-state index contributed by atoms with van der Waals surface area (Å²) in [5, 5.41) is 13.3. The summed E-state index contributed by atoms with van der Waals surface area (Å²) in [5.41, 5.74) is 0.960. The molecule has 1 aromatic rings. The number of aliphatic hydroxyl groups is 1. The predicted octanol–water partition coefficient (Wildman–Crippen LogP) is 0.401. The molecule has 0 radical (unpaired) electrons. The number of piperidine rings is 1. The van der Waals surface area contributed by atoms with Crippen molar-refractivity contribution < 1.29 is 28.9 Å². The van der Waals surface area contributed by atoms with Crippen molar-refractivity contribution in [3.8, 4) is 5.75 Å². The number of nitrogens with one attached hydrogen (secondary N) is 1. The fourth-order valence-corrected chi connectivity index (χ4v) is 4.43. The van der Waals surface area contributed by atoms with Gasteiger partial charge in [-0.15, -0.1) is 0 Å². The first-order valence-electron chi connectivity index (χ1n) is 11.2. The Morgan fingerprint density at radius 1 is 1.19 bits per heavy atom. The van der Waals surface area contributed by atoms with Crippen LogP contribution < -0.4 is 10.1 Å². The first kappa shape index (κ1) is 24.4. The van der Waals surface area contributed by atoms with Crippen LogP contribution in [0.3, 0.4) is 0 Å². The summed E-state index contributed by atoms with van der Waals surface area (Å²) in [7, 11) is 3.21. The Kier molecular flexibility index (Phi) is 9.28. The minimum Gasteiger partial charge on any atom is -0.497 e. The van der Waals surface area contributed by atoms with E-state index in [1.807, 2.05) is 29.2 Å². The van der Waals surface area contributed by atoms with Crippen molar-refractivity contribution in [1.82, 2.24) is 15.1 Å². The number of β-amino-alcohol motifs (C(OH)–C–C–N with tert-alkyl or cyclic N) is 1. The molecule has 0 unspecified atom stereocenters. The molecule has 0 aromatic heterocycles. The minimum absolute atomic E-state index is 0.0198. The van der Waals surface area contributed by atoms with Crippen LogP contribution in [0.5, 0.6) is 5.75 Å². The summed E-state index contributed by atoms with van der Waals surface area (Å²) >= 11 is 0. The molecule has 2 amide bonds. The van der Waals surface area contributed by atoms with Crippen LogP contribution in [0.25, 0.3) is 0 Å². The number of hydrogen-bond acceptors (Lipinski definition) is 7. The molecular formula is C23H35N3O6. The fraction of sp³-hybridized carbons (Fsp3) is 0.652. The zero-order valence-electron chi connectivity index (χ0n) is 19.0. The lowest BCUT2D eigenvalue weighted by molar-refractivity contribution is -0.138. The van der Waals surface area contributed by atoms with Crippen LogP contribution in [0.2, 0.25) is 0 Å². The quantitative estimate of drug-likeness (QED) is 0.499. The molecule has 0 bridgehead atoms. The van der Waals surface area contributed by atoms with Crippen LogP contribution in [-0.4, -0.2) is 98.6 Å². The van der Waals surface area contributed by atoms with Gasteiger partial charge in [0.25, 0.3) is 0 Å². The second kappa shape index (κ2) is 12.2. The lowest BCUT2D eigenvalue weighted by Crippen LogP contribution is -2.52. The number of carbonyl (C=O) groups excluding carboxylic acids is 2. The average molecular weight is 450 g/mol. The third-order valence-electron chi connectivity index (χ3n) is 6.16. The van der Waals surface area contributed by atoms with Gasteiger partial charge in [0.15, 0.2) is 0 Å². The average Bonchev–Trinajstić information content (AvgIpc) is 3.22. The third-order valence-corrected chi connectivity index (χ3v) is 6.16. The summed E-state index contributed by atoms with van der Waals surface area (Å²) in [6.07, 6.45) is 1.46. The molecule has 0 spiro atoms. The van der Waals surface area contributed by atoms with E-state index in [0.29, 0.717) is 45.8 Å². The number of ether oxygens (including phenoxy) is 3. The van der Waals surface area contributed by atoms with E-state index in [2.05, 4.69) is 10.2 Å². The molecule has 178 valence electrons. The zero-order valence-corrected chi connectivity index (χ0v) is 19.0. The van der Waals surface area contributed by atoms with Crippen LogP contribution in [-0.2, 0) is 25.6 Å². The van der Waals surface area contributed by atoms with Crippen LogP contribution in [0.15, 0.2) is 24.3 Å². The molecule has 9 nitrogen and oxygen atoms in total. The highest BCUT2D eigenvalue weighted by Gasteiger charge is 2.40. The summed E-state index contributed by atoms with van der Waals surface area (Å²) in [6.45, 7) is 3.07. The summed E-state index contributed by atoms with van der Waals surface area (Å²) in [6, 6.07) is 7.40. The van der Waals surface area contributed by atoms with Gasteiger partial charge in [-0.2, -0.15) is 0 Å². The largest absolute Gasteiger partial charge is 0.497 e. The van der Waals surface area contributed by atoms with Gasteiger partial charge in [-0.1, -0.05) is 12.1 Å². The predicted molar refractivity (Wildman–Crippen MR) is 118 cm³/mol. The fourth-order valence-electron chi connectivity index (χ4n) is 4.43. The molecule has 2 aliphatic rings. The SMILES string of the molecule is COCCOCC(=O)N1CCC(N2C[C@H](O)C[C@H]2C(=O)NCc2cccc(OC)c2)CC1. The van der Waals surface area contributed by atoms with Gasteiger partial charge in [-0.25, -0.2) is 0 Å². The minimum atomic E-state index is -0.517. The van der Waals surface area contributed by atoms with Crippen LogP contribution in [0.1, 0.15) is 24.8 Å². The smallest absolute Gasteiger partial charge is 0.248 e. The zero-order chi connectivity index (χ0) is 22.9. The van der Waals surface area contributed by atoms with E-state index in [1.54, 1.807) is 14.2 Å². The van der Waals surface area contributed by atoms with Gasteiger partial charge in [0, 0.05) is 39.3 Å². The van der Waals surface area contributed by atoms with Crippen LogP contribution in [0.4, 0.5) is 0 Å². The van der Waals surface area contributed by atoms with Crippen molar-refractivity contribution >= 4 is 11.8 Å². The van der Waals surface area contributed by atoms with Gasteiger partial charge in [0.2, 0.25) is 11.8 Å². The van der Waals surface area contributed by atoms with E-state index in [9.17, 15) is 14.7 Å². The number of rotatable bonds is 10. The summed E-state index contributed by atoms with van der Waals surface area (Å²) in [4.78, 5) is 29.2. The topological polar surface area (TPSA) is 101 Å². The van der Waals surface area contributed by atoms with E-state index < -0.39 is 6.10 Å². The maximum Gasteiger partial charge on any atom is 0.248 e. The molecule has 1 aromatic carbocycles. The van der Waals surface area contributed by atoms with Crippen molar-refractivity contribution in [3.63, 3.8) is 0 Å². The monoisotopic (exact) mass is 449 g/mol. The van der Waals surface area contributed by atoms with Gasteiger partial charge in [-0.3, -0.25) is 14.5 Å². The Bertz CT molecular complexity index is 753. The number of benzene rings is 1. The number of likely N-dealkylation sites (tertiary alicyclic amines) is 2. The second-order valence-electron chi connectivity index (χ2n) is 8.33. The highest BCUT2D eigenvalue weighted by molar-refractivity contribution is 5.82. The molecule has 2 fully saturated rings. The molecule has 32 heavy (non-hydrogen) atoms. The Labute approximate surface area is 189 Å². The number of aliphatic hydroxyl groups excluding tert-OH is 1. The van der Waals surface area contributed by atoms with E-state index >= 15 is 0 Å². The van der Waals surface area contributed by atoms with Gasteiger partial charge in [0.1, 0.15) is 12.4 Å². The molecule has 2 saturated heterocycles. The van der Waals surface area contributed by atoms with Gasteiger partial charge in [-0.05, 0) is 37.0 Å². The number of amides is 2. The normalized spacial score (nSPS) is 22.2. The molecule has 9 heteroatoms. The maximum absolute atomic E-state index is 12.9. The van der Waals surface area contributed by atoms with Gasteiger partial charge < -0.3 is 29.5 Å². The number of nitrogens with zero attached hydrogens (tertiary/aromatic N) is 2. The van der Waals surface area contributed by atoms with Crippen molar-refractivity contribution in [2.24, 2.45) is 0 Å². The Hall–Kier alpha value is -2.20. The van der Waals surface area contributed by atoms with Crippen molar-refractivity contribution in [2.45, 2.75) is 44.0 Å². The van der Waals surface area contributed by atoms with Gasteiger partial charge >= 0.3 is 0 Å². The molecule has 3 rings (SSSR count). The molecule has 2 N–H and O–H groups in total. The Balaban J connectivity index is 1.49. The molecule has 0 saturated carbocycles. The van der Waals surface area contributed by atoms with Gasteiger partial charge in [0.05, 0.1) is 32.5 Å². The molecule has 2 aliphatic heterocycles.